The highest BCUT2D eigenvalue weighted by atomic mass is 19.1. The van der Waals surface area contributed by atoms with Crippen molar-refractivity contribution in [1.29, 1.82) is 0 Å². The Morgan fingerprint density at radius 2 is 1.83 bits per heavy atom. The van der Waals surface area contributed by atoms with Crippen LogP contribution in [0.25, 0.3) is 11.0 Å². The van der Waals surface area contributed by atoms with E-state index in [4.69, 9.17) is 18.6 Å². The second kappa shape index (κ2) is 10.9. The molecule has 186 valence electrons. The van der Waals surface area contributed by atoms with E-state index >= 15 is 0 Å². The molecule has 35 heavy (non-hydrogen) atoms. The average Bonchev–Trinajstić information content (AvgIpc) is 3.13. The monoisotopic (exact) mass is 483 g/mol. The summed E-state index contributed by atoms with van der Waals surface area (Å²) in [5, 5.41) is 0.102. The second-order valence-electron chi connectivity index (χ2n) is 8.40. The van der Waals surface area contributed by atoms with E-state index in [1.807, 2.05) is 13.0 Å². The molecule has 1 unspecified atom stereocenters. The maximum absolute atomic E-state index is 14.0. The minimum Gasteiger partial charge on any atom is -0.490 e. The van der Waals surface area contributed by atoms with Gasteiger partial charge in [0.05, 0.1) is 30.2 Å². The third-order valence-electron chi connectivity index (χ3n) is 6.01. The van der Waals surface area contributed by atoms with Gasteiger partial charge in [0, 0.05) is 20.3 Å². The van der Waals surface area contributed by atoms with Gasteiger partial charge >= 0.3 is 0 Å². The molecule has 7 nitrogen and oxygen atoms in total. The average molecular weight is 484 g/mol. The summed E-state index contributed by atoms with van der Waals surface area (Å²) >= 11 is 0. The smallest absolute Gasteiger partial charge is 0.290 e. The van der Waals surface area contributed by atoms with Crippen molar-refractivity contribution in [3.05, 3.63) is 69.3 Å². The van der Waals surface area contributed by atoms with E-state index in [0.29, 0.717) is 49.8 Å². The lowest BCUT2D eigenvalue weighted by Gasteiger charge is -2.26. The van der Waals surface area contributed by atoms with Crippen molar-refractivity contribution in [3.63, 3.8) is 0 Å². The largest absolute Gasteiger partial charge is 0.490 e. The van der Waals surface area contributed by atoms with Crippen LogP contribution in [0.3, 0.4) is 0 Å². The van der Waals surface area contributed by atoms with Crippen LogP contribution in [-0.4, -0.2) is 44.3 Å². The van der Waals surface area contributed by atoms with E-state index in [1.165, 1.54) is 12.1 Å². The molecule has 1 aliphatic rings. The van der Waals surface area contributed by atoms with E-state index < -0.39 is 17.3 Å². The molecule has 0 aliphatic carbocycles. The third-order valence-corrected chi connectivity index (χ3v) is 6.01. The second-order valence-corrected chi connectivity index (χ2v) is 8.40. The highest BCUT2D eigenvalue weighted by Crippen LogP contribution is 2.41. The van der Waals surface area contributed by atoms with Crippen LogP contribution in [-0.2, 0) is 4.74 Å². The molecule has 3 aromatic rings. The highest BCUT2D eigenvalue weighted by Gasteiger charge is 2.42. The topological polar surface area (TPSA) is 78.2 Å². The quantitative estimate of drug-likeness (QED) is 0.354. The molecule has 8 heteroatoms. The van der Waals surface area contributed by atoms with Gasteiger partial charge in [0.1, 0.15) is 11.4 Å². The summed E-state index contributed by atoms with van der Waals surface area (Å²) in [7, 11) is 1.59. The van der Waals surface area contributed by atoms with E-state index in [0.717, 1.165) is 18.9 Å². The summed E-state index contributed by atoms with van der Waals surface area (Å²) in [4.78, 5) is 28.6. The maximum atomic E-state index is 14.0. The van der Waals surface area contributed by atoms with Crippen molar-refractivity contribution in [2.75, 3.05) is 33.5 Å². The van der Waals surface area contributed by atoms with Gasteiger partial charge in [-0.25, -0.2) is 4.39 Å². The first-order valence-corrected chi connectivity index (χ1v) is 12.0. The number of carbonyl (C=O) groups is 1. The molecule has 1 aromatic heterocycles. The molecule has 0 spiro atoms. The van der Waals surface area contributed by atoms with Gasteiger partial charge in [0.15, 0.2) is 16.9 Å². The number of halogens is 1. The van der Waals surface area contributed by atoms with Crippen LogP contribution < -0.4 is 14.9 Å². The van der Waals surface area contributed by atoms with Crippen LogP contribution in [0.1, 0.15) is 60.8 Å². The first-order chi connectivity index (χ1) is 17.0. The predicted octanol–water partition coefficient (Wildman–Crippen LogP) is 5.09. The van der Waals surface area contributed by atoms with Crippen LogP contribution in [0.4, 0.5) is 4.39 Å². The van der Waals surface area contributed by atoms with Gasteiger partial charge in [-0.1, -0.05) is 19.4 Å². The van der Waals surface area contributed by atoms with E-state index in [-0.39, 0.29) is 28.2 Å². The predicted molar refractivity (Wildman–Crippen MR) is 130 cm³/mol. The summed E-state index contributed by atoms with van der Waals surface area (Å²) in [6.07, 6.45) is 2.49. The summed E-state index contributed by atoms with van der Waals surface area (Å²) in [5.41, 5.74) is 0.640. The number of hydrogen-bond donors (Lipinski definition) is 0. The standard InChI is InChI=1S/C27H30FNO6/c1-4-6-14-34-21-10-8-17(15-22(21)33-5-2)24-23-25(30)19-16-18(28)9-11-20(19)35-26(23)27(31)29(24)12-7-13-32-3/h8-11,15-16,24H,4-7,12-14H2,1-3H3. The van der Waals surface area contributed by atoms with Crippen LogP contribution in [0.15, 0.2) is 45.6 Å². The van der Waals surface area contributed by atoms with Gasteiger partial charge in [-0.15, -0.1) is 0 Å². The first kappa shape index (κ1) is 24.7. The van der Waals surface area contributed by atoms with Gasteiger partial charge in [-0.2, -0.15) is 0 Å². The number of benzene rings is 2. The molecule has 1 atom stereocenters. The summed E-state index contributed by atoms with van der Waals surface area (Å²) in [5.74, 6) is 0.195. The van der Waals surface area contributed by atoms with Gasteiger partial charge in [-0.05, 0) is 55.7 Å². The molecule has 0 fully saturated rings. The van der Waals surface area contributed by atoms with Gasteiger partial charge in [-0.3, -0.25) is 9.59 Å². The molecule has 0 N–H and O–H groups in total. The molecule has 1 aliphatic heterocycles. The fraction of sp³-hybridized carbons (Fsp3) is 0.407. The molecule has 0 radical (unpaired) electrons. The fourth-order valence-corrected chi connectivity index (χ4v) is 4.36. The Labute approximate surface area is 203 Å². The van der Waals surface area contributed by atoms with Crippen molar-refractivity contribution in [2.24, 2.45) is 0 Å². The molecule has 0 bridgehead atoms. The zero-order valence-corrected chi connectivity index (χ0v) is 20.3. The number of rotatable bonds is 11. The first-order valence-electron chi connectivity index (χ1n) is 12.0. The fourth-order valence-electron chi connectivity index (χ4n) is 4.36. The molecule has 0 saturated carbocycles. The molecular weight excluding hydrogens is 453 g/mol. The minimum absolute atomic E-state index is 0.0160. The van der Waals surface area contributed by atoms with E-state index in [9.17, 15) is 14.0 Å². The van der Waals surface area contributed by atoms with Crippen molar-refractivity contribution >= 4 is 16.9 Å². The molecule has 2 aromatic carbocycles. The highest BCUT2D eigenvalue weighted by molar-refractivity contribution is 5.99. The van der Waals surface area contributed by atoms with Crippen molar-refractivity contribution in [2.45, 2.75) is 39.2 Å². The Kier molecular flexibility index (Phi) is 7.70. The number of hydrogen-bond acceptors (Lipinski definition) is 6. The van der Waals surface area contributed by atoms with Gasteiger partial charge in [0.2, 0.25) is 5.76 Å². The van der Waals surface area contributed by atoms with Crippen LogP contribution >= 0.6 is 0 Å². The molecular formula is C27H30FNO6. The van der Waals surface area contributed by atoms with E-state index in [1.54, 1.807) is 24.1 Å². The zero-order chi connectivity index (χ0) is 24.9. The molecule has 0 saturated heterocycles. The van der Waals surface area contributed by atoms with Crippen molar-refractivity contribution in [3.8, 4) is 11.5 Å². The Hall–Kier alpha value is -3.39. The normalized spacial score (nSPS) is 15.0. The Morgan fingerprint density at radius 3 is 2.57 bits per heavy atom. The number of carbonyl (C=O) groups excluding carboxylic acids is 1. The molecule has 1 amide bonds. The van der Waals surface area contributed by atoms with Crippen LogP contribution in [0.5, 0.6) is 11.5 Å². The zero-order valence-electron chi connectivity index (χ0n) is 20.3. The number of ether oxygens (including phenoxy) is 3. The molecule has 2 heterocycles. The summed E-state index contributed by atoms with van der Waals surface area (Å²) in [6.45, 7) is 5.76. The third kappa shape index (κ3) is 4.89. The van der Waals surface area contributed by atoms with Gasteiger partial charge < -0.3 is 23.5 Å². The van der Waals surface area contributed by atoms with E-state index in [2.05, 4.69) is 6.92 Å². The van der Waals surface area contributed by atoms with Gasteiger partial charge in [0.25, 0.3) is 5.91 Å². The lowest BCUT2D eigenvalue weighted by molar-refractivity contribution is 0.0707. The Morgan fingerprint density at radius 1 is 1.00 bits per heavy atom. The van der Waals surface area contributed by atoms with Crippen LogP contribution in [0, 0.1) is 5.82 Å². The molecule has 4 rings (SSSR count). The van der Waals surface area contributed by atoms with Crippen molar-refractivity contribution < 1.29 is 27.8 Å². The van der Waals surface area contributed by atoms with Crippen molar-refractivity contribution in [1.82, 2.24) is 4.90 Å². The van der Waals surface area contributed by atoms with Crippen LogP contribution in [0.2, 0.25) is 0 Å². The summed E-state index contributed by atoms with van der Waals surface area (Å²) < 4.78 is 36.7. The number of unbranched alkanes of at least 4 members (excludes halogenated alkanes) is 1. The number of amides is 1. The maximum Gasteiger partial charge on any atom is 0.290 e. The number of nitrogens with zero attached hydrogens (tertiary/aromatic N) is 1. The Balaban J connectivity index is 1.84. The minimum atomic E-state index is -0.706. The number of fused-ring (bicyclic) bond motifs is 2. The lowest BCUT2D eigenvalue weighted by atomic mass is 9.98. The Bertz CT molecular complexity index is 1270. The summed E-state index contributed by atoms with van der Waals surface area (Å²) in [6, 6.07) is 8.45. The number of methoxy groups -OCH3 is 1. The SMILES string of the molecule is CCCCOc1ccc(C2c3c(oc4ccc(F)cc4c3=O)C(=O)N2CCCOC)cc1OCC. The lowest BCUT2D eigenvalue weighted by Crippen LogP contribution is -2.31.